The molecule has 2 heterocycles. The van der Waals surface area contributed by atoms with E-state index < -0.39 is 0 Å². The topological polar surface area (TPSA) is 54.3 Å². The molecule has 5 nitrogen and oxygen atoms in total. The lowest BCUT2D eigenvalue weighted by atomic mass is 10.1. The number of hydrogen-bond acceptors (Lipinski definition) is 3. The molecule has 0 spiro atoms. The van der Waals surface area contributed by atoms with Gasteiger partial charge in [-0.15, -0.1) is 11.3 Å². The van der Waals surface area contributed by atoms with Crippen LogP contribution >= 0.6 is 11.3 Å². The van der Waals surface area contributed by atoms with Crippen molar-refractivity contribution < 1.29 is 9.59 Å². The molecule has 1 N–H and O–H groups in total. The average molecular weight is 353 g/mol. The number of thiophene rings is 1. The van der Waals surface area contributed by atoms with Crippen LogP contribution in [0.15, 0.2) is 60.2 Å². The number of carbonyl (C=O) groups is 2. The molecule has 0 saturated heterocycles. The van der Waals surface area contributed by atoms with Crippen molar-refractivity contribution in [3.8, 4) is 5.69 Å². The molecule has 128 valence electrons. The van der Waals surface area contributed by atoms with Crippen LogP contribution in [0.2, 0.25) is 0 Å². The van der Waals surface area contributed by atoms with E-state index in [1.807, 2.05) is 52.7 Å². The first kappa shape index (κ1) is 17.0. The van der Waals surface area contributed by atoms with Crippen molar-refractivity contribution in [2.24, 2.45) is 0 Å². The Labute approximate surface area is 150 Å². The number of benzene rings is 1. The zero-order chi connectivity index (χ0) is 17.8. The maximum atomic E-state index is 12.8. The number of hydrogen-bond donors (Lipinski definition) is 1. The second-order valence-electron chi connectivity index (χ2n) is 5.66. The minimum absolute atomic E-state index is 0.0194. The first-order valence-corrected chi connectivity index (χ1v) is 8.75. The summed E-state index contributed by atoms with van der Waals surface area (Å²) in [6.45, 7) is 0.482. The van der Waals surface area contributed by atoms with Gasteiger partial charge in [0, 0.05) is 38.6 Å². The van der Waals surface area contributed by atoms with Gasteiger partial charge in [-0.25, -0.2) is 0 Å². The highest BCUT2D eigenvalue weighted by Crippen LogP contribution is 2.23. The van der Waals surface area contributed by atoms with Gasteiger partial charge in [0.05, 0.1) is 5.69 Å². The maximum absolute atomic E-state index is 12.8. The number of aromatic nitrogens is 1. The van der Waals surface area contributed by atoms with E-state index >= 15 is 0 Å². The Hall–Kier alpha value is -2.86. The molecule has 3 rings (SSSR count). The van der Waals surface area contributed by atoms with Gasteiger partial charge < -0.3 is 14.8 Å². The Morgan fingerprint density at radius 3 is 2.44 bits per heavy atom. The molecule has 0 atom stereocenters. The van der Waals surface area contributed by atoms with Crippen LogP contribution in [-0.4, -0.2) is 35.4 Å². The third-order valence-corrected chi connectivity index (χ3v) is 4.82. The Bertz CT molecular complexity index is 866. The van der Waals surface area contributed by atoms with E-state index in [1.54, 1.807) is 31.1 Å². The van der Waals surface area contributed by atoms with E-state index in [0.717, 1.165) is 11.3 Å². The summed E-state index contributed by atoms with van der Waals surface area (Å²) >= 11 is 1.44. The molecule has 25 heavy (non-hydrogen) atoms. The fourth-order valence-corrected chi connectivity index (χ4v) is 3.47. The standard InChI is InChI=1S/C19H19N3O2S/c1-20-18(23)15-7-5-14(6-8-15)13-21(2)19(24)17-16(9-12-25-17)22-10-3-4-11-22/h3-12H,13H2,1-2H3,(H,20,23). The van der Waals surface area contributed by atoms with Crippen LogP contribution in [0.4, 0.5) is 0 Å². The molecule has 1 aromatic carbocycles. The van der Waals surface area contributed by atoms with E-state index in [9.17, 15) is 9.59 Å². The summed E-state index contributed by atoms with van der Waals surface area (Å²) in [6.07, 6.45) is 3.85. The summed E-state index contributed by atoms with van der Waals surface area (Å²) in [5.41, 5.74) is 2.47. The predicted molar refractivity (Wildman–Crippen MR) is 99.3 cm³/mol. The second kappa shape index (κ2) is 7.36. The summed E-state index contributed by atoms with van der Waals surface area (Å²) in [7, 11) is 3.39. The normalized spacial score (nSPS) is 10.5. The largest absolute Gasteiger partial charge is 0.355 e. The molecule has 0 fully saturated rings. The van der Waals surface area contributed by atoms with Gasteiger partial charge in [-0.05, 0) is 41.3 Å². The van der Waals surface area contributed by atoms with Gasteiger partial charge in [-0.2, -0.15) is 0 Å². The summed E-state index contributed by atoms with van der Waals surface area (Å²) in [6, 6.07) is 13.1. The first-order chi connectivity index (χ1) is 12.1. The van der Waals surface area contributed by atoms with E-state index in [4.69, 9.17) is 0 Å². The molecular weight excluding hydrogens is 334 g/mol. The highest BCUT2D eigenvalue weighted by atomic mass is 32.1. The quantitative estimate of drug-likeness (QED) is 0.766. The Kier molecular flexibility index (Phi) is 5.00. The molecule has 0 aliphatic heterocycles. The molecule has 0 aliphatic carbocycles. The van der Waals surface area contributed by atoms with Crippen LogP contribution in [0.3, 0.4) is 0 Å². The molecule has 6 heteroatoms. The fourth-order valence-electron chi connectivity index (χ4n) is 2.59. The summed E-state index contributed by atoms with van der Waals surface area (Å²) in [5.74, 6) is -0.139. The highest BCUT2D eigenvalue weighted by Gasteiger charge is 2.18. The summed E-state index contributed by atoms with van der Waals surface area (Å²) in [4.78, 5) is 26.8. The number of nitrogens with zero attached hydrogens (tertiary/aromatic N) is 2. The molecule has 2 amide bonds. The molecule has 0 aliphatic rings. The second-order valence-corrected chi connectivity index (χ2v) is 6.58. The number of nitrogens with one attached hydrogen (secondary N) is 1. The van der Waals surface area contributed by atoms with Crippen molar-refractivity contribution in [3.63, 3.8) is 0 Å². The zero-order valence-corrected chi connectivity index (χ0v) is 14.9. The van der Waals surface area contributed by atoms with Crippen molar-refractivity contribution >= 4 is 23.2 Å². The van der Waals surface area contributed by atoms with Gasteiger partial charge in [0.25, 0.3) is 11.8 Å². The van der Waals surface area contributed by atoms with Crippen LogP contribution in [0.25, 0.3) is 5.69 Å². The molecule has 2 aromatic heterocycles. The third kappa shape index (κ3) is 3.64. The minimum atomic E-state index is -0.120. The van der Waals surface area contributed by atoms with Crippen molar-refractivity contribution in [1.82, 2.24) is 14.8 Å². The molecule has 0 unspecified atom stereocenters. The fraction of sp³-hybridized carbons (Fsp3) is 0.158. The van der Waals surface area contributed by atoms with E-state index in [2.05, 4.69) is 5.32 Å². The Morgan fingerprint density at radius 2 is 1.80 bits per heavy atom. The van der Waals surface area contributed by atoms with Gasteiger partial charge >= 0.3 is 0 Å². The van der Waals surface area contributed by atoms with Crippen molar-refractivity contribution in [3.05, 3.63) is 76.2 Å². The van der Waals surface area contributed by atoms with Crippen LogP contribution in [0, 0.1) is 0 Å². The van der Waals surface area contributed by atoms with Crippen molar-refractivity contribution in [2.75, 3.05) is 14.1 Å². The Morgan fingerprint density at radius 1 is 1.12 bits per heavy atom. The minimum Gasteiger partial charge on any atom is -0.355 e. The van der Waals surface area contributed by atoms with Gasteiger partial charge in [0.2, 0.25) is 0 Å². The van der Waals surface area contributed by atoms with Gasteiger partial charge in [0.15, 0.2) is 0 Å². The molecule has 0 saturated carbocycles. The maximum Gasteiger partial charge on any atom is 0.266 e. The van der Waals surface area contributed by atoms with Crippen LogP contribution in [-0.2, 0) is 6.54 Å². The lowest BCUT2D eigenvalue weighted by Crippen LogP contribution is -2.26. The molecule has 0 bridgehead atoms. The Balaban J connectivity index is 1.74. The summed E-state index contributed by atoms with van der Waals surface area (Å²) in [5, 5.41) is 4.52. The van der Waals surface area contributed by atoms with E-state index in [1.165, 1.54) is 11.3 Å². The summed E-state index contributed by atoms with van der Waals surface area (Å²) < 4.78 is 1.94. The van der Waals surface area contributed by atoms with Crippen LogP contribution in [0.5, 0.6) is 0 Å². The average Bonchev–Trinajstić information content (AvgIpc) is 3.31. The van der Waals surface area contributed by atoms with Crippen LogP contribution < -0.4 is 5.32 Å². The highest BCUT2D eigenvalue weighted by molar-refractivity contribution is 7.12. The molecule has 0 radical (unpaired) electrons. The van der Waals surface area contributed by atoms with Gasteiger partial charge in [-0.3, -0.25) is 9.59 Å². The molecular formula is C19H19N3O2S. The van der Waals surface area contributed by atoms with Crippen molar-refractivity contribution in [2.45, 2.75) is 6.54 Å². The predicted octanol–water partition coefficient (Wildman–Crippen LogP) is 3.17. The smallest absolute Gasteiger partial charge is 0.266 e. The van der Waals surface area contributed by atoms with Crippen LogP contribution in [0.1, 0.15) is 25.6 Å². The number of rotatable bonds is 5. The van der Waals surface area contributed by atoms with Crippen molar-refractivity contribution in [1.29, 1.82) is 0 Å². The zero-order valence-electron chi connectivity index (χ0n) is 14.1. The van der Waals surface area contributed by atoms with Gasteiger partial charge in [-0.1, -0.05) is 12.1 Å². The lowest BCUT2D eigenvalue weighted by Gasteiger charge is -2.18. The third-order valence-electron chi connectivity index (χ3n) is 3.93. The SMILES string of the molecule is CNC(=O)c1ccc(CN(C)C(=O)c2sccc2-n2cccc2)cc1. The molecule has 3 aromatic rings. The van der Waals surface area contributed by atoms with E-state index in [-0.39, 0.29) is 11.8 Å². The lowest BCUT2D eigenvalue weighted by molar-refractivity contribution is 0.0789. The number of amides is 2. The monoisotopic (exact) mass is 353 g/mol. The van der Waals surface area contributed by atoms with E-state index in [0.29, 0.717) is 17.0 Å². The van der Waals surface area contributed by atoms with Gasteiger partial charge in [0.1, 0.15) is 4.88 Å². The number of carbonyl (C=O) groups excluding carboxylic acids is 2. The first-order valence-electron chi connectivity index (χ1n) is 7.87.